The van der Waals surface area contributed by atoms with Crippen molar-refractivity contribution in [2.45, 2.75) is 38.3 Å². The highest BCUT2D eigenvalue weighted by Gasteiger charge is 2.52. The van der Waals surface area contributed by atoms with Gasteiger partial charge in [-0.2, -0.15) is 5.10 Å². The number of hydrogen-bond donors (Lipinski definition) is 2. The van der Waals surface area contributed by atoms with Crippen LogP contribution < -0.4 is 0 Å². The predicted octanol–water partition coefficient (Wildman–Crippen LogP) is 6.02. The maximum absolute atomic E-state index is 14.1. The lowest BCUT2D eigenvalue weighted by atomic mass is 9.89. The van der Waals surface area contributed by atoms with Gasteiger partial charge in [0.25, 0.3) is 5.91 Å². The van der Waals surface area contributed by atoms with E-state index in [-0.39, 0.29) is 19.1 Å². The van der Waals surface area contributed by atoms with E-state index >= 15 is 0 Å². The Morgan fingerprint density at radius 3 is 2.28 bits per heavy atom. The monoisotopic (exact) mass is 521 g/mol. The Kier molecular flexibility index (Phi) is 6.39. The molecule has 0 fully saturated rings. The van der Waals surface area contributed by atoms with Crippen molar-refractivity contribution in [1.82, 2.24) is 15.1 Å². The summed E-state index contributed by atoms with van der Waals surface area (Å²) in [4.78, 5) is 15.8. The van der Waals surface area contributed by atoms with Gasteiger partial charge in [-0.05, 0) is 55.3 Å². The van der Waals surface area contributed by atoms with E-state index in [4.69, 9.17) is 27.9 Å². The first-order valence-corrected chi connectivity index (χ1v) is 12.3. The Hall–Kier alpha value is -3.16. The molecule has 2 heterocycles. The van der Waals surface area contributed by atoms with Crippen LogP contribution in [0, 0.1) is 0 Å². The highest BCUT2D eigenvalue weighted by molar-refractivity contribution is 6.30. The lowest BCUT2D eigenvalue weighted by molar-refractivity contribution is -0.120. The third-order valence-electron chi connectivity index (χ3n) is 6.44. The molecule has 4 aromatic rings. The molecule has 1 aliphatic rings. The van der Waals surface area contributed by atoms with Crippen molar-refractivity contribution in [1.29, 1.82) is 0 Å². The second-order valence-corrected chi connectivity index (χ2v) is 10.3. The Morgan fingerprint density at radius 2 is 1.67 bits per heavy atom. The summed E-state index contributed by atoms with van der Waals surface area (Å²) < 4.78 is 6.71. The Bertz CT molecular complexity index is 1380. The summed E-state index contributed by atoms with van der Waals surface area (Å²) in [6.07, 6.45) is 3.45. The molecule has 0 saturated heterocycles. The number of benzene rings is 3. The van der Waals surface area contributed by atoms with E-state index in [9.17, 15) is 9.90 Å². The number of ether oxygens (including phenoxy) is 1. The Balaban J connectivity index is 1.71. The zero-order valence-corrected chi connectivity index (χ0v) is 21.3. The first-order chi connectivity index (χ1) is 17.2. The zero-order valence-electron chi connectivity index (χ0n) is 19.8. The lowest BCUT2D eigenvalue weighted by Crippen LogP contribution is -2.46. The average Bonchev–Trinajstić information content (AvgIpc) is 3.45. The number of H-pyrrole nitrogens is 1. The fourth-order valence-electron chi connectivity index (χ4n) is 4.56. The van der Waals surface area contributed by atoms with Crippen LogP contribution in [-0.2, 0) is 29.2 Å². The number of carbonyl (C=O) groups is 1. The number of halogens is 2. The molecule has 1 aromatic heterocycles. The Labute approximate surface area is 219 Å². The molecular formula is C28H25Cl2N3O3. The van der Waals surface area contributed by atoms with Gasteiger partial charge in [-0.1, -0.05) is 59.6 Å². The van der Waals surface area contributed by atoms with Crippen molar-refractivity contribution in [2.24, 2.45) is 0 Å². The molecule has 1 unspecified atom stereocenters. The van der Waals surface area contributed by atoms with Gasteiger partial charge in [0.15, 0.2) is 5.72 Å². The van der Waals surface area contributed by atoms with Crippen LogP contribution in [0.5, 0.6) is 0 Å². The van der Waals surface area contributed by atoms with Gasteiger partial charge in [-0.15, -0.1) is 0 Å². The predicted molar refractivity (Wildman–Crippen MR) is 139 cm³/mol. The summed E-state index contributed by atoms with van der Waals surface area (Å²) >= 11 is 12.3. The number of aromatic amines is 1. The number of hydrogen-bond acceptors (Lipinski definition) is 4. The molecule has 3 aromatic carbocycles. The molecule has 1 atom stereocenters. The van der Waals surface area contributed by atoms with E-state index in [0.717, 1.165) is 16.7 Å². The van der Waals surface area contributed by atoms with E-state index in [1.54, 1.807) is 61.5 Å². The summed E-state index contributed by atoms with van der Waals surface area (Å²) in [6.45, 7) is 3.87. The molecule has 36 heavy (non-hydrogen) atoms. The van der Waals surface area contributed by atoms with Gasteiger partial charge >= 0.3 is 0 Å². The van der Waals surface area contributed by atoms with Crippen molar-refractivity contribution in [3.05, 3.63) is 123 Å². The van der Waals surface area contributed by atoms with Crippen LogP contribution in [0.2, 0.25) is 10.0 Å². The summed E-state index contributed by atoms with van der Waals surface area (Å²) in [5, 5.41) is 18.7. The molecule has 2 N–H and O–H groups in total. The van der Waals surface area contributed by atoms with Gasteiger partial charge in [0.2, 0.25) is 0 Å². The molecule has 0 radical (unpaired) electrons. The van der Waals surface area contributed by atoms with E-state index in [2.05, 4.69) is 10.2 Å². The molecule has 184 valence electrons. The maximum atomic E-state index is 14.1. The van der Waals surface area contributed by atoms with Crippen LogP contribution in [0.1, 0.15) is 52.0 Å². The van der Waals surface area contributed by atoms with Crippen molar-refractivity contribution < 1.29 is 14.6 Å². The number of fused-ring (bicyclic) bond motifs is 1. The molecule has 8 heteroatoms. The van der Waals surface area contributed by atoms with Crippen molar-refractivity contribution in [3.63, 3.8) is 0 Å². The van der Waals surface area contributed by atoms with Gasteiger partial charge in [0.1, 0.15) is 0 Å². The molecule has 6 nitrogen and oxygen atoms in total. The van der Waals surface area contributed by atoms with Gasteiger partial charge in [-0.25, -0.2) is 0 Å². The summed E-state index contributed by atoms with van der Waals surface area (Å²) in [7, 11) is 0. The maximum Gasteiger partial charge on any atom is 0.257 e. The number of nitrogens with one attached hydrogen (secondary N) is 1. The van der Waals surface area contributed by atoms with E-state index < -0.39 is 11.3 Å². The minimum Gasteiger partial charge on any atom is -0.386 e. The second-order valence-electron chi connectivity index (χ2n) is 9.38. The largest absolute Gasteiger partial charge is 0.386 e. The second kappa shape index (κ2) is 9.37. The molecule has 0 spiro atoms. The number of nitrogens with zero attached hydrogens (tertiary/aromatic N) is 2. The zero-order chi connectivity index (χ0) is 25.5. The molecule has 0 aliphatic carbocycles. The van der Waals surface area contributed by atoms with Gasteiger partial charge in [0, 0.05) is 45.0 Å². The van der Waals surface area contributed by atoms with Crippen molar-refractivity contribution >= 4 is 29.1 Å². The van der Waals surface area contributed by atoms with Crippen molar-refractivity contribution in [2.75, 3.05) is 0 Å². The normalized spacial score (nSPS) is 17.5. The van der Waals surface area contributed by atoms with Crippen LogP contribution in [-0.4, -0.2) is 26.1 Å². The Morgan fingerprint density at radius 1 is 1.00 bits per heavy atom. The van der Waals surface area contributed by atoms with E-state index in [1.165, 1.54) is 0 Å². The fraction of sp³-hybridized carbons (Fsp3) is 0.214. The summed E-state index contributed by atoms with van der Waals surface area (Å²) in [5.41, 5.74) is 1.95. The lowest BCUT2D eigenvalue weighted by Gasteiger charge is -2.39. The minimum atomic E-state index is -1.24. The molecule has 5 rings (SSSR count). The number of carbonyl (C=O) groups excluding carboxylic acids is 1. The molecular weight excluding hydrogens is 497 g/mol. The quantitative estimate of drug-likeness (QED) is 0.311. The number of aromatic nitrogens is 2. The van der Waals surface area contributed by atoms with E-state index in [0.29, 0.717) is 26.7 Å². The number of amides is 1. The van der Waals surface area contributed by atoms with Crippen LogP contribution >= 0.6 is 23.2 Å². The van der Waals surface area contributed by atoms with Crippen molar-refractivity contribution in [3.8, 4) is 0 Å². The van der Waals surface area contributed by atoms with Crippen LogP contribution in [0.25, 0.3) is 0 Å². The van der Waals surface area contributed by atoms with Gasteiger partial charge < -0.3 is 9.84 Å². The van der Waals surface area contributed by atoms with Crippen LogP contribution in [0.3, 0.4) is 0 Å². The highest BCUT2D eigenvalue weighted by Crippen LogP contribution is 2.47. The summed E-state index contributed by atoms with van der Waals surface area (Å²) in [6, 6.07) is 20.2. The molecule has 0 saturated carbocycles. The average molecular weight is 522 g/mol. The number of aliphatic hydroxyl groups is 1. The summed E-state index contributed by atoms with van der Waals surface area (Å²) in [5.74, 6) is -0.201. The first-order valence-electron chi connectivity index (χ1n) is 11.5. The number of rotatable bonds is 7. The first kappa shape index (κ1) is 24.5. The smallest absolute Gasteiger partial charge is 0.257 e. The molecule has 1 amide bonds. The molecule has 0 bridgehead atoms. The van der Waals surface area contributed by atoms with Crippen LogP contribution in [0.4, 0.5) is 0 Å². The van der Waals surface area contributed by atoms with Gasteiger partial charge in [0.05, 0.1) is 18.4 Å². The highest BCUT2D eigenvalue weighted by atomic mass is 35.5. The SMILES string of the molecule is CC(C)(O)c1ccc2c(c1)C(=O)N(Cc1ccc(Cl)cc1)C2(OCc1cn[nH]c1)c1ccc(Cl)cc1. The topological polar surface area (TPSA) is 78.4 Å². The fourth-order valence-corrected chi connectivity index (χ4v) is 4.81. The standard InChI is InChI=1S/C28H25Cl2N3O3/c1-27(2,35)21-7-12-25-24(13-21)26(34)33(16-18-3-8-22(29)9-4-18)28(25,20-5-10-23(30)11-6-20)36-17-19-14-31-32-15-19/h3-15,35H,16-17H2,1-2H3,(H,31,32). The molecule has 1 aliphatic heterocycles. The minimum absolute atomic E-state index is 0.201. The van der Waals surface area contributed by atoms with E-state index in [1.807, 2.05) is 36.4 Å². The third-order valence-corrected chi connectivity index (χ3v) is 6.94. The third kappa shape index (κ3) is 4.42. The van der Waals surface area contributed by atoms with Crippen LogP contribution in [0.15, 0.2) is 79.1 Å². The van der Waals surface area contributed by atoms with Gasteiger partial charge in [-0.3, -0.25) is 14.8 Å².